The summed E-state index contributed by atoms with van der Waals surface area (Å²) >= 11 is 0. The summed E-state index contributed by atoms with van der Waals surface area (Å²) in [6, 6.07) is 9.96. The maximum atomic E-state index is 14.3. The summed E-state index contributed by atoms with van der Waals surface area (Å²) in [7, 11) is 0.710. The quantitative estimate of drug-likeness (QED) is 0.502. The number of alkyl halides is 3. The molecule has 1 aliphatic heterocycles. The SMILES string of the molecule is C=C(C)[C@H]1OC2=C(C(=O)c3cccc(O)c3C2=O)[C@@H]1OC(=O)[C@](OC)(c1ccccc1)C(F)(F)F. The third-order valence-corrected chi connectivity index (χ3v) is 5.91. The van der Waals surface area contributed by atoms with E-state index in [0.29, 0.717) is 7.11 Å². The molecule has 0 aromatic heterocycles. The van der Waals surface area contributed by atoms with Gasteiger partial charge in [-0.25, -0.2) is 4.79 Å². The molecule has 182 valence electrons. The molecule has 0 radical (unpaired) electrons. The van der Waals surface area contributed by atoms with Crippen LogP contribution in [-0.2, 0) is 24.6 Å². The molecule has 35 heavy (non-hydrogen) atoms. The van der Waals surface area contributed by atoms with E-state index >= 15 is 0 Å². The standard InChI is InChI=1S/C25H19F3O7/c1-12(2)20-22(17-18(30)14-10-7-11-15(29)16(14)19(31)21(17)34-20)35-23(32)24(33-3,25(26,27)28)13-8-5-4-6-9-13/h4-11,20,22,29H,1H2,2-3H3/t20-,22+,24-/m1/s1. The lowest BCUT2D eigenvalue weighted by molar-refractivity contribution is -0.278. The molecule has 0 fully saturated rings. The number of aromatic hydroxyl groups is 1. The van der Waals surface area contributed by atoms with E-state index < -0.39 is 64.2 Å². The fraction of sp³-hybridized carbons (Fsp3) is 0.240. The Kier molecular flexibility index (Phi) is 5.80. The fourth-order valence-electron chi connectivity index (χ4n) is 4.23. The minimum Gasteiger partial charge on any atom is -0.507 e. The van der Waals surface area contributed by atoms with Crippen LogP contribution in [0, 0.1) is 0 Å². The number of benzene rings is 2. The maximum absolute atomic E-state index is 14.3. The van der Waals surface area contributed by atoms with Crippen LogP contribution >= 0.6 is 0 Å². The number of carbonyl (C=O) groups is 3. The second-order valence-corrected chi connectivity index (χ2v) is 8.06. The molecule has 0 amide bonds. The monoisotopic (exact) mass is 488 g/mol. The molecule has 0 bridgehead atoms. The lowest BCUT2D eigenvalue weighted by atomic mass is 9.85. The summed E-state index contributed by atoms with van der Waals surface area (Å²) in [5, 5.41) is 10.1. The first-order chi connectivity index (χ1) is 16.5. The number of halogens is 3. The van der Waals surface area contributed by atoms with Gasteiger partial charge in [0.25, 0.3) is 5.60 Å². The maximum Gasteiger partial charge on any atom is 0.432 e. The first-order valence-corrected chi connectivity index (χ1v) is 10.3. The average molecular weight is 488 g/mol. The Morgan fingerprint density at radius 1 is 1.06 bits per heavy atom. The van der Waals surface area contributed by atoms with Crippen molar-refractivity contribution < 1.29 is 46.9 Å². The van der Waals surface area contributed by atoms with E-state index in [2.05, 4.69) is 6.58 Å². The molecular weight excluding hydrogens is 469 g/mol. The number of hydrogen-bond acceptors (Lipinski definition) is 7. The van der Waals surface area contributed by atoms with Gasteiger partial charge in [0.1, 0.15) is 5.75 Å². The Morgan fingerprint density at radius 2 is 1.71 bits per heavy atom. The highest BCUT2D eigenvalue weighted by Gasteiger charge is 2.65. The Hall–Kier alpha value is -3.92. The molecule has 10 heteroatoms. The summed E-state index contributed by atoms with van der Waals surface area (Å²) < 4.78 is 58.6. The van der Waals surface area contributed by atoms with Gasteiger partial charge in [0.05, 0.1) is 11.1 Å². The second-order valence-electron chi connectivity index (χ2n) is 8.06. The number of rotatable bonds is 5. The van der Waals surface area contributed by atoms with Crippen molar-refractivity contribution in [2.75, 3.05) is 7.11 Å². The predicted molar refractivity (Wildman–Crippen MR) is 115 cm³/mol. The topological polar surface area (TPSA) is 99.1 Å². The molecule has 4 rings (SSSR count). The molecule has 1 aliphatic carbocycles. The van der Waals surface area contributed by atoms with Gasteiger partial charge >= 0.3 is 12.1 Å². The van der Waals surface area contributed by atoms with E-state index in [1.807, 2.05) is 0 Å². The predicted octanol–water partition coefficient (Wildman–Crippen LogP) is 4.02. The molecule has 1 N–H and O–H groups in total. The Balaban J connectivity index is 1.82. The number of fused-ring (bicyclic) bond motifs is 1. The van der Waals surface area contributed by atoms with Crippen LogP contribution in [0.1, 0.15) is 33.2 Å². The average Bonchev–Trinajstić information content (AvgIpc) is 3.18. The van der Waals surface area contributed by atoms with Gasteiger partial charge in [-0.15, -0.1) is 0 Å². The van der Waals surface area contributed by atoms with Crippen LogP contribution in [0.3, 0.4) is 0 Å². The van der Waals surface area contributed by atoms with Gasteiger partial charge < -0.3 is 19.3 Å². The molecule has 3 atom stereocenters. The number of allylic oxidation sites excluding steroid dienone is 1. The van der Waals surface area contributed by atoms with Crippen molar-refractivity contribution in [1.29, 1.82) is 0 Å². The first-order valence-electron chi connectivity index (χ1n) is 10.3. The third kappa shape index (κ3) is 3.52. The van der Waals surface area contributed by atoms with Crippen molar-refractivity contribution in [2.24, 2.45) is 0 Å². The molecule has 0 saturated carbocycles. The van der Waals surface area contributed by atoms with Crippen molar-refractivity contribution in [2.45, 2.75) is 30.9 Å². The molecule has 2 aromatic carbocycles. The number of phenols is 1. The lowest BCUT2D eigenvalue weighted by Crippen LogP contribution is -2.53. The Bertz CT molecular complexity index is 1280. The number of phenolic OH excluding ortho intramolecular Hbond substituents is 1. The summed E-state index contributed by atoms with van der Waals surface area (Å²) in [6.45, 7) is 5.13. The van der Waals surface area contributed by atoms with Crippen LogP contribution in [-0.4, -0.2) is 48.1 Å². The van der Waals surface area contributed by atoms with Crippen LogP contribution in [0.4, 0.5) is 13.2 Å². The Labute approximate surface area is 197 Å². The van der Waals surface area contributed by atoms with Crippen LogP contribution in [0.25, 0.3) is 0 Å². The van der Waals surface area contributed by atoms with E-state index in [4.69, 9.17) is 14.2 Å². The zero-order valence-corrected chi connectivity index (χ0v) is 18.5. The van der Waals surface area contributed by atoms with Gasteiger partial charge in [-0.05, 0) is 18.6 Å². The number of ketones is 2. The van der Waals surface area contributed by atoms with Gasteiger partial charge in [-0.3, -0.25) is 9.59 Å². The van der Waals surface area contributed by atoms with Crippen molar-refractivity contribution in [1.82, 2.24) is 0 Å². The van der Waals surface area contributed by atoms with Gasteiger partial charge in [0.2, 0.25) is 5.78 Å². The number of Topliss-reactive ketones (excluding diaryl/α,β-unsaturated/α-hetero) is 2. The number of hydrogen-bond donors (Lipinski definition) is 1. The third-order valence-electron chi connectivity index (χ3n) is 5.91. The molecule has 0 unspecified atom stereocenters. The van der Waals surface area contributed by atoms with Gasteiger partial charge in [-0.1, -0.05) is 49.0 Å². The van der Waals surface area contributed by atoms with E-state index in [0.717, 1.165) is 12.1 Å². The molecular formula is C25H19F3O7. The number of ether oxygens (including phenoxy) is 3. The Morgan fingerprint density at radius 3 is 2.29 bits per heavy atom. The largest absolute Gasteiger partial charge is 0.507 e. The van der Waals surface area contributed by atoms with Gasteiger partial charge in [-0.2, -0.15) is 13.2 Å². The van der Waals surface area contributed by atoms with Gasteiger partial charge in [0.15, 0.2) is 23.8 Å². The van der Waals surface area contributed by atoms with Crippen molar-refractivity contribution in [3.63, 3.8) is 0 Å². The van der Waals surface area contributed by atoms with Gasteiger partial charge in [0, 0.05) is 18.2 Å². The number of esters is 1. The van der Waals surface area contributed by atoms with Crippen molar-refractivity contribution in [3.05, 3.63) is 88.7 Å². The molecule has 7 nitrogen and oxygen atoms in total. The molecule has 0 spiro atoms. The highest BCUT2D eigenvalue weighted by molar-refractivity contribution is 6.28. The molecule has 2 aliphatic rings. The molecule has 2 aromatic rings. The highest BCUT2D eigenvalue weighted by Crippen LogP contribution is 2.46. The number of carbonyl (C=O) groups excluding carboxylic acids is 3. The minimum absolute atomic E-state index is 0.181. The van der Waals surface area contributed by atoms with Crippen molar-refractivity contribution >= 4 is 17.5 Å². The molecule has 0 saturated heterocycles. The smallest absolute Gasteiger partial charge is 0.432 e. The van der Waals surface area contributed by atoms with E-state index in [-0.39, 0.29) is 16.7 Å². The fourth-order valence-corrected chi connectivity index (χ4v) is 4.23. The van der Waals surface area contributed by atoms with Crippen LogP contribution in [0.5, 0.6) is 5.75 Å². The zero-order valence-electron chi connectivity index (χ0n) is 18.5. The van der Waals surface area contributed by atoms with Crippen LogP contribution in [0.2, 0.25) is 0 Å². The lowest BCUT2D eigenvalue weighted by Gasteiger charge is -2.34. The minimum atomic E-state index is -5.25. The second kappa shape index (κ2) is 8.38. The molecule has 1 heterocycles. The van der Waals surface area contributed by atoms with E-state index in [1.165, 1.54) is 43.3 Å². The summed E-state index contributed by atoms with van der Waals surface area (Å²) in [5.41, 5.74) is -4.82. The normalized spacial score (nSPS) is 21.1. The summed E-state index contributed by atoms with van der Waals surface area (Å²) in [4.78, 5) is 39.5. The first kappa shape index (κ1) is 24.2. The summed E-state index contributed by atoms with van der Waals surface area (Å²) in [6.07, 6.45) is -8.30. The highest BCUT2D eigenvalue weighted by atomic mass is 19.4. The number of methoxy groups -OCH3 is 1. The van der Waals surface area contributed by atoms with E-state index in [1.54, 1.807) is 0 Å². The van der Waals surface area contributed by atoms with Crippen molar-refractivity contribution in [3.8, 4) is 5.75 Å². The van der Waals surface area contributed by atoms with Crippen LogP contribution in [0.15, 0.2) is 72.0 Å². The zero-order chi connectivity index (χ0) is 25.7. The van der Waals surface area contributed by atoms with Crippen LogP contribution < -0.4 is 0 Å². The summed E-state index contributed by atoms with van der Waals surface area (Å²) in [5.74, 6) is -4.54. The van der Waals surface area contributed by atoms with E-state index in [9.17, 15) is 32.7 Å².